The normalized spacial score (nSPS) is 15.0. The van der Waals surface area contributed by atoms with Gasteiger partial charge in [-0.05, 0) is 54.7 Å². The predicted octanol–water partition coefficient (Wildman–Crippen LogP) is 3.69. The summed E-state index contributed by atoms with van der Waals surface area (Å²) in [6.45, 7) is 2.29. The van der Waals surface area contributed by atoms with Crippen LogP contribution in [0.4, 0.5) is 5.69 Å². The lowest BCUT2D eigenvalue weighted by atomic mass is 9.97. The number of hydrogen-bond donors (Lipinski definition) is 2. The van der Waals surface area contributed by atoms with Gasteiger partial charge in [0.05, 0.1) is 5.52 Å². The van der Waals surface area contributed by atoms with Crippen LogP contribution in [0, 0.1) is 5.92 Å². The number of piperidine rings is 1. The van der Waals surface area contributed by atoms with Crippen molar-refractivity contribution >= 4 is 22.5 Å². The molecule has 28 heavy (non-hydrogen) atoms. The van der Waals surface area contributed by atoms with Gasteiger partial charge < -0.3 is 15.3 Å². The summed E-state index contributed by atoms with van der Waals surface area (Å²) < 4.78 is 0. The lowest BCUT2D eigenvalue weighted by molar-refractivity contribution is 0.0651. The number of carbonyl (C=O) groups is 1. The zero-order valence-electron chi connectivity index (χ0n) is 15.8. The Morgan fingerprint density at radius 3 is 2.75 bits per heavy atom. The van der Waals surface area contributed by atoms with Gasteiger partial charge in [-0.2, -0.15) is 0 Å². The molecule has 3 aromatic rings. The second kappa shape index (κ2) is 8.40. The van der Waals surface area contributed by atoms with E-state index in [1.165, 1.54) is 0 Å². The molecular formula is C23H25N3O2. The number of hydrogen-bond acceptors (Lipinski definition) is 4. The highest BCUT2D eigenvalue weighted by molar-refractivity contribution is 5.95. The number of rotatable bonds is 5. The molecule has 1 aliphatic heterocycles. The largest absolute Gasteiger partial charge is 0.396 e. The number of carbonyl (C=O) groups excluding carboxylic acids is 1. The number of pyridine rings is 1. The van der Waals surface area contributed by atoms with E-state index in [0.717, 1.165) is 35.0 Å². The third-order valence-corrected chi connectivity index (χ3v) is 5.41. The van der Waals surface area contributed by atoms with E-state index >= 15 is 0 Å². The molecule has 0 atom stereocenters. The summed E-state index contributed by atoms with van der Waals surface area (Å²) in [6, 6.07) is 17.9. The molecule has 0 unspecified atom stereocenters. The number of para-hydroxylation sites is 1. The van der Waals surface area contributed by atoms with Crippen molar-refractivity contribution in [1.29, 1.82) is 0 Å². The summed E-state index contributed by atoms with van der Waals surface area (Å²) in [5, 5.41) is 13.8. The Hall–Kier alpha value is -2.92. The van der Waals surface area contributed by atoms with E-state index in [0.29, 0.717) is 31.1 Å². The van der Waals surface area contributed by atoms with Crippen LogP contribution in [0.1, 0.15) is 28.8 Å². The van der Waals surface area contributed by atoms with Crippen LogP contribution in [0.25, 0.3) is 10.9 Å². The number of amides is 1. The number of nitrogens with zero attached hydrogens (tertiary/aromatic N) is 2. The molecule has 1 saturated heterocycles. The van der Waals surface area contributed by atoms with Gasteiger partial charge in [0.1, 0.15) is 0 Å². The van der Waals surface area contributed by atoms with E-state index in [1.807, 2.05) is 53.6 Å². The van der Waals surface area contributed by atoms with E-state index in [9.17, 15) is 9.90 Å². The maximum Gasteiger partial charge on any atom is 0.253 e. The number of aliphatic hydroxyl groups excluding tert-OH is 1. The minimum atomic E-state index is 0.0624. The second-order valence-corrected chi connectivity index (χ2v) is 7.39. The van der Waals surface area contributed by atoms with Crippen molar-refractivity contribution in [3.05, 3.63) is 71.9 Å². The molecule has 0 saturated carbocycles. The molecule has 1 fully saturated rings. The van der Waals surface area contributed by atoms with Gasteiger partial charge in [-0.25, -0.2) is 0 Å². The predicted molar refractivity (Wildman–Crippen MR) is 111 cm³/mol. The first-order valence-corrected chi connectivity index (χ1v) is 9.80. The number of aliphatic hydroxyl groups is 1. The van der Waals surface area contributed by atoms with Crippen LogP contribution in [0.2, 0.25) is 0 Å². The second-order valence-electron chi connectivity index (χ2n) is 7.39. The van der Waals surface area contributed by atoms with E-state index in [4.69, 9.17) is 0 Å². The third-order valence-electron chi connectivity index (χ3n) is 5.41. The Labute approximate surface area is 165 Å². The van der Waals surface area contributed by atoms with Gasteiger partial charge >= 0.3 is 0 Å². The van der Waals surface area contributed by atoms with Gasteiger partial charge in [0, 0.05) is 49.1 Å². The molecule has 2 aromatic carbocycles. The zero-order valence-corrected chi connectivity index (χ0v) is 15.8. The van der Waals surface area contributed by atoms with Crippen molar-refractivity contribution in [2.45, 2.75) is 19.4 Å². The number of anilines is 1. The fourth-order valence-corrected chi connectivity index (χ4v) is 3.68. The van der Waals surface area contributed by atoms with Crippen LogP contribution in [0.5, 0.6) is 0 Å². The standard InChI is InChI=1S/C23H25N3O2/c27-16-17-8-10-26(11-9-17)23(28)20-5-3-6-21(13-20)24-14-18-12-19-4-1-2-7-22(19)25-15-18/h1-7,12-13,15,17,24,27H,8-11,14,16H2. The van der Waals surface area contributed by atoms with Crippen molar-refractivity contribution < 1.29 is 9.90 Å². The fraction of sp³-hybridized carbons (Fsp3) is 0.304. The van der Waals surface area contributed by atoms with E-state index < -0.39 is 0 Å². The Morgan fingerprint density at radius 2 is 1.93 bits per heavy atom. The lowest BCUT2D eigenvalue weighted by Gasteiger charge is -2.31. The molecule has 0 radical (unpaired) electrons. The summed E-state index contributed by atoms with van der Waals surface area (Å²) in [5.74, 6) is 0.389. The van der Waals surface area contributed by atoms with Crippen molar-refractivity contribution in [3.8, 4) is 0 Å². The summed E-state index contributed by atoms with van der Waals surface area (Å²) in [4.78, 5) is 19.2. The van der Waals surface area contributed by atoms with Crippen molar-refractivity contribution in [3.63, 3.8) is 0 Å². The molecule has 2 heterocycles. The van der Waals surface area contributed by atoms with Crippen LogP contribution >= 0.6 is 0 Å². The lowest BCUT2D eigenvalue weighted by Crippen LogP contribution is -2.39. The molecule has 4 rings (SSSR count). The van der Waals surface area contributed by atoms with Gasteiger partial charge in [0.2, 0.25) is 0 Å². The van der Waals surface area contributed by atoms with E-state index in [1.54, 1.807) is 0 Å². The van der Waals surface area contributed by atoms with Crippen LogP contribution in [0.3, 0.4) is 0 Å². The Kier molecular flexibility index (Phi) is 5.53. The average Bonchev–Trinajstić information content (AvgIpc) is 2.77. The Morgan fingerprint density at radius 1 is 1.11 bits per heavy atom. The van der Waals surface area contributed by atoms with Gasteiger partial charge in [-0.15, -0.1) is 0 Å². The average molecular weight is 375 g/mol. The van der Waals surface area contributed by atoms with Gasteiger partial charge in [0.15, 0.2) is 0 Å². The molecule has 0 bridgehead atoms. The molecule has 5 nitrogen and oxygen atoms in total. The smallest absolute Gasteiger partial charge is 0.253 e. The van der Waals surface area contributed by atoms with Crippen molar-refractivity contribution in [2.24, 2.45) is 5.92 Å². The molecule has 1 aliphatic rings. The fourth-order valence-electron chi connectivity index (χ4n) is 3.68. The maximum atomic E-state index is 12.8. The number of benzene rings is 2. The molecule has 0 spiro atoms. The number of likely N-dealkylation sites (tertiary alicyclic amines) is 1. The molecular weight excluding hydrogens is 350 g/mol. The highest BCUT2D eigenvalue weighted by Gasteiger charge is 2.23. The maximum absolute atomic E-state index is 12.8. The summed E-state index contributed by atoms with van der Waals surface area (Å²) in [7, 11) is 0. The molecule has 0 aliphatic carbocycles. The summed E-state index contributed by atoms with van der Waals surface area (Å²) in [5.41, 5.74) is 3.71. The number of aromatic nitrogens is 1. The first kappa shape index (κ1) is 18.4. The van der Waals surface area contributed by atoms with Crippen LogP contribution in [0.15, 0.2) is 60.8 Å². The highest BCUT2D eigenvalue weighted by Crippen LogP contribution is 2.20. The highest BCUT2D eigenvalue weighted by atomic mass is 16.3. The van der Waals surface area contributed by atoms with Crippen LogP contribution in [-0.4, -0.2) is 40.6 Å². The monoisotopic (exact) mass is 375 g/mol. The number of fused-ring (bicyclic) bond motifs is 1. The summed E-state index contributed by atoms with van der Waals surface area (Å²) >= 11 is 0. The molecule has 1 amide bonds. The molecule has 5 heteroatoms. The van der Waals surface area contributed by atoms with Crippen LogP contribution in [-0.2, 0) is 6.54 Å². The SMILES string of the molecule is O=C(c1cccc(NCc2cnc3ccccc3c2)c1)N1CCC(CO)CC1. The van der Waals surface area contributed by atoms with Gasteiger partial charge in [-0.1, -0.05) is 24.3 Å². The minimum absolute atomic E-state index is 0.0624. The topological polar surface area (TPSA) is 65.5 Å². The Bertz CT molecular complexity index is 965. The first-order valence-electron chi connectivity index (χ1n) is 9.80. The molecule has 144 valence electrons. The van der Waals surface area contributed by atoms with Gasteiger partial charge in [-0.3, -0.25) is 9.78 Å². The number of nitrogens with one attached hydrogen (secondary N) is 1. The zero-order chi connectivity index (χ0) is 19.3. The van der Waals surface area contributed by atoms with Crippen LogP contribution < -0.4 is 5.32 Å². The molecule has 2 N–H and O–H groups in total. The quantitative estimate of drug-likeness (QED) is 0.714. The van der Waals surface area contributed by atoms with E-state index in [2.05, 4.69) is 22.4 Å². The Balaban J connectivity index is 1.41. The first-order chi connectivity index (χ1) is 13.7. The molecule has 1 aromatic heterocycles. The van der Waals surface area contributed by atoms with Crippen molar-refractivity contribution in [2.75, 3.05) is 25.0 Å². The van der Waals surface area contributed by atoms with E-state index in [-0.39, 0.29) is 12.5 Å². The van der Waals surface area contributed by atoms with Crippen molar-refractivity contribution in [1.82, 2.24) is 9.88 Å². The summed E-state index contributed by atoms with van der Waals surface area (Å²) in [6.07, 6.45) is 3.62. The third kappa shape index (κ3) is 4.15. The minimum Gasteiger partial charge on any atom is -0.396 e. The van der Waals surface area contributed by atoms with Gasteiger partial charge in [0.25, 0.3) is 5.91 Å².